The maximum atomic E-state index is 12.4. The Labute approximate surface area is 118 Å². The number of para-hydroxylation sites is 1. The third-order valence-corrected chi connectivity index (χ3v) is 3.42. The van der Waals surface area contributed by atoms with Crippen LogP contribution in [0.2, 0.25) is 0 Å². The number of carbonyl (C=O) groups excluding carboxylic acids is 1. The fourth-order valence-corrected chi connectivity index (χ4v) is 2.37. The number of fused-ring (bicyclic) bond motifs is 1. The van der Waals surface area contributed by atoms with E-state index in [4.69, 9.17) is 0 Å². The molecule has 0 aliphatic heterocycles. The van der Waals surface area contributed by atoms with Crippen LogP contribution in [-0.2, 0) is 6.42 Å². The van der Waals surface area contributed by atoms with Crippen molar-refractivity contribution < 1.29 is 4.79 Å². The molecule has 1 heterocycles. The van der Waals surface area contributed by atoms with Gasteiger partial charge < -0.3 is 0 Å². The molecule has 0 spiro atoms. The van der Waals surface area contributed by atoms with Crippen molar-refractivity contribution in [1.29, 1.82) is 0 Å². The number of aromatic nitrogens is 1. The Hall–Kier alpha value is -2.48. The van der Waals surface area contributed by atoms with Crippen molar-refractivity contribution >= 4 is 16.7 Å². The van der Waals surface area contributed by atoms with E-state index in [0.29, 0.717) is 6.42 Å². The van der Waals surface area contributed by atoms with Crippen molar-refractivity contribution in [2.45, 2.75) is 12.8 Å². The number of hydrogen-bond donors (Lipinski definition) is 0. The molecule has 3 rings (SSSR count). The molecule has 0 fully saturated rings. The van der Waals surface area contributed by atoms with Gasteiger partial charge in [-0.1, -0.05) is 48.5 Å². The largest absolute Gasteiger partial charge is 0.294 e. The summed E-state index contributed by atoms with van der Waals surface area (Å²) in [5, 5.41) is 1.01. The van der Waals surface area contributed by atoms with Crippen LogP contribution >= 0.6 is 0 Å². The average Bonchev–Trinajstić information content (AvgIpc) is 2.53. The minimum absolute atomic E-state index is 0.151. The van der Waals surface area contributed by atoms with Crippen LogP contribution in [0.15, 0.2) is 66.9 Å². The Balaban J connectivity index is 1.82. The van der Waals surface area contributed by atoms with E-state index in [9.17, 15) is 4.79 Å². The Morgan fingerprint density at radius 2 is 1.70 bits per heavy atom. The Kier molecular flexibility index (Phi) is 3.55. The van der Waals surface area contributed by atoms with Crippen LogP contribution in [0, 0.1) is 0 Å². The number of ketones is 1. The van der Waals surface area contributed by atoms with E-state index in [1.54, 1.807) is 6.20 Å². The van der Waals surface area contributed by atoms with Gasteiger partial charge in [0.25, 0.3) is 0 Å². The minimum Gasteiger partial charge on any atom is -0.294 e. The fraction of sp³-hybridized carbons (Fsp3) is 0.111. The zero-order chi connectivity index (χ0) is 13.8. The Bertz CT molecular complexity index is 729. The standard InChI is InChI=1S/C18H15NO/c20-17(12-11-14-6-2-1-3-7-14)16-10-4-8-15-9-5-13-19-18(15)16/h1-10,13H,11-12H2. The van der Waals surface area contributed by atoms with Gasteiger partial charge in [-0.15, -0.1) is 0 Å². The van der Waals surface area contributed by atoms with Gasteiger partial charge in [0.2, 0.25) is 0 Å². The lowest BCUT2D eigenvalue weighted by Gasteiger charge is -2.05. The van der Waals surface area contributed by atoms with E-state index >= 15 is 0 Å². The highest BCUT2D eigenvalue weighted by Gasteiger charge is 2.10. The van der Waals surface area contributed by atoms with Crippen molar-refractivity contribution in [3.05, 3.63) is 78.0 Å². The number of nitrogens with zero attached hydrogens (tertiary/aromatic N) is 1. The number of benzene rings is 2. The summed E-state index contributed by atoms with van der Waals surface area (Å²) in [6.45, 7) is 0. The molecule has 98 valence electrons. The molecule has 2 heteroatoms. The lowest BCUT2D eigenvalue weighted by Crippen LogP contribution is -2.02. The number of Topliss-reactive ketones (excluding diaryl/α,β-unsaturated/α-hetero) is 1. The van der Waals surface area contributed by atoms with Crippen molar-refractivity contribution in [3.63, 3.8) is 0 Å². The first-order chi connectivity index (χ1) is 9.84. The Morgan fingerprint density at radius 1 is 0.900 bits per heavy atom. The highest BCUT2D eigenvalue weighted by molar-refractivity contribution is 6.06. The monoisotopic (exact) mass is 261 g/mol. The van der Waals surface area contributed by atoms with E-state index in [1.807, 2.05) is 48.5 Å². The predicted molar refractivity (Wildman–Crippen MR) is 80.8 cm³/mol. The van der Waals surface area contributed by atoms with Crippen molar-refractivity contribution in [2.75, 3.05) is 0 Å². The van der Waals surface area contributed by atoms with E-state index in [2.05, 4.69) is 17.1 Å². The van der Waals surface area contributed by atoms with Gasteiger partial charge in [-0.05, 0) is 24.1 Å². The van der Waals surface area contributed by atoms with Gasteiger partial charge in [0.1, 0.15) is 0 Å². The summed E-state index contributed by atoms with van der Waals surface area (Å²) in [5.41, 5.74) is 2.71. The molecule has 1 aromatic heterocycles. The Morgan fingerprint density at radius 3 is 2.55 bits per heavy atom. The molecule has 2 nitrogen and oxygen atoms in total. The van der Waals surface area contributed by atoms with Gasteiger partial charge in [0.15, 0.2) is 5.78 Å². The van der Waals surface area contributed by atoms with Crippen molar-refractivity contribution in [3.8, 4) is 0 Å². The second-order valence-electron chi connectivity index (χ2n) is 4.79. The molecule has 0 aliphatic carbocycles. The molecule has 2 aromatic carbocycles. The summed E-state index contributed by atoms with van der Waals surface area (Å²) in [7, 11) is 0. The van der Waals surface area contributed by atoms with Crippen molar-refractivity contribution in [2.24, 2.45) is 0 Å². The molecular weight excluding hydrogens is 246 g/mol. The molecule has 0 atom stereocenters. The second kappa shape index (κ2) is 5.66. The smallest absolute Gasteiger partial charge is 0.165 e. The fourth-order valence-electron chi connectivity index (χ4n) is 2.37. The number of rotatable bonds is 4. The van der Waals surface area contributed by atoms with Gasteiger partial charge in [-0.25, -0.2) is 0 Å². The van der Waals surface area contributed by atoms with Crippen LogP contribution in [0.25, 0.3) is 10.9 Å². The third kappa shape index (κ3) is 2.59. The lowest BCUT2D eigenvalue weighted by molar-refractivity contribution is 0.0984. The van der Waals surface area contributed by atoms with Crippen molar-refractivity contribution in [1.82, 2.24) is 4.98 Å². The van der Waals surface area contributed by atoms with E-state index < -0.39 is 0 Å². The highest BCUT2D eigenvalue weighted by Crippen LogP contribution is 2.18. The van der Waals surface area contributed by atoms with Gasteiger partial charge in [-0.2, -0.15) is 0 Å². The van der Waals surface area contributed by atoms with Crippen LogP contribution in [0.5, 0.6) is 0 Å². The molecule has 0 amide bonds. The topological polar surface area (TPSA) is 30.0 Å². The molecule has 0 radical (unpaired) electrons. The number of carbonyl (C=O) groups is 1. The van der Waals surface area contributed by atoms with Crippen LogP contribution < -0.4 is 0 Å². The summed E-state index contributed by atoms with van der Waals surface area (Å²) >= 11 is 0. The number of aryl methyl sites for hydroxylation is 1. The maximum absolute atomic E-state index is 12.4. The molecular formula is C18H15NO. The number of hydrogen-bond acceptors (Lipinski definition) is 2. The maximum Gasteiger partial charge on any atom is 0.165 e. The summed E-state index contributed by atoms with van der Waals surface area (Å²) < 4.78 is 0. The normalized spacial score (nSPS) is 10.6. The summed E-state index contributed by atoms with van der Waals surface area (Å²) in [4.78, 5) is 16.7. The molecule has 0 saturated heterocycles. The zero-order valence-electron chi connectivity index (χ0n) is 11.1. The quantitative estimate of drug-likeness (QED) is 0.663. The van der Waals surface area contributed by atoms with Crippen LogP contribution in [0.3, 0.4) is 0 Å². The minimum atomic E-state index is 0.151. The molecule has 0 N–H and O–H groups in total. The molecule has 3 aromatic rings. The zero-order valence-corrected chi connectivity index (χ0v) is 11.1. The summed E-state index contributed by atoms with van der Waals surface area (Å²) in [5.74, 6) is 0.151. The van der Waals surface area contributed by atoms with Crippen LogP contribution in [-0.4, -0.2) is 10.8 Å². The summed E-state index contributed by atoms with van der Waals surface area (Å²) in [6.07, 6.45) is 3.01. The van der Waals surface area contributed by atoms with Crippen LogP contribution in [0.1, 0.15) is 22.3 Å². The van der Waals surface area contributed by atoms with Gasteiger partial charge in [0, 0.05) is 23.6 Å². The molecule has 0 aliphatic rings. The highest BCUT2D eigenvalue weighted by atomic mass is 16.1. The van der Waals surface area contributed by atoms with Gasteiger partial charge in [-0.3, -0.25) is 9.78 Å². The van der Waals surface area contributed by atoms with Gasteiger partial charge in [0.05, 0.1) is 5.52 Å². The third-order valence-electron chi connectivity index (χ3n) is 3.42. The van der Waals surface area contributed by atoms with Gasteiger partial charge >= 0.3 is 0 Å². The summed E-state index contributed by atoms with van der Waals surface area (Å²) in [6, 6.07) is 19.7. The first kappa shape index (κ1) is 12.5. The molecule has 0 unspecified atom stereocenters. The number of pyridine rings is 1. The average molecular weight is 261 g/mol. The van der Waals surface area contributed by atoms with E-state index in [1.165, 1.54) is 5.56 Å². The predicted octanol–water partition coefficient (Wildman–Crippen LogP) is 4.05. The molecule has 20 heavy (non-hydrogen) atoms. The molecule has 0 saturated carbocycles. The molecule has 0 bridgehead atoms. The lowest BCUT2D eigenvalue weighted by atomic mass is 10.0. The first-order valence-electron chi connectivity index (χ1n) is 6.75. The SMILES string of the molecule is O=C(CCc1ccccc1)c1cccc2cccnc12. The van der Waals surface area contributed by atoms with Crippen LogP contribution in [0.4, 0.5) is 0 Å². The van der Waals surface area contributed by atoms with E-state index in [-0.39, 0.29) is 5.78 Å². The first-order valence-corrected chi connectivity index (χ1v) is 6.75. The second-order valence-corrected chi connectivity index (χ2v) is 4.79. The van der Waals surface area contributed by atoms with E-state index in [0.717, 1.165) is 22.9 Å².